The van der Waals surface area contributed by atoms with Crippen molar-refractivity contribution < 1.29 is 13.9 Å². The molecule has 0 aliphatic carbocycles. The van der Waals surface area contributed by atoms with E-state index in [-0.39, 0.29) is 5.91 Å². The molecule has 30 heavy (non-hydrogen) atoms. The van der Waals surface area contributed by atoms with Crippen LogP contribution >= 0.6 is 15.9 Å². The summed E-state index contributed by atoms with van der Waals surface area (Å²) in [5, 5.41) is 3.95. The first-order valence-electron chi connectivity index (χ1n) is 10.2. The molecule has 4 nitrogen and oxygen atoms in total. The van der Waals surface area contributed by atoms with E-state index in [4.69, 9.17) is 9.15 Å². The van der Waals surface area contributed by atoms with Crippen LogP contribution in [0.1, 0.15) is 38.8 Å². The summed E-state index contributed by atoms with van der Waals surface area (Å²) < 4.78 is 12.9. The number of ether oxygens (including phenoxy) is 1. The second kappa shape index (κ2) is 9.52. The lowest BCUT2D eigenvalue weighted by atomic mass is 9.96. The smallest absolute Gasteiger partial charge is 0.244 e. The number of halogens is 1. The molecule has 1 amide bonds. The van der Waals surface area contributed by atoms with Gasteiger partial charge in [0, 0.05) is 39.2 Å². The minimum Gasteiger partial charge on any atom is -0.493 e. The Morgan fingerprint density at radius 2 is 1.97 bits per heavy atom. The quantitative estimate of drug-likeness (QED) is 0.389. The van der Waals surface area contributed by atoms with E-state index in [0.29, 0.717) is 19.1 Å². The highest BCUT2D eigenvalue weighted by atomic mass is 79.9. The van der Waals surface area contributed by atoms with Gasteiger partial charge in [0.1, 0.15) is 11.3 Å². The van der Waals surface area contributed by atoms with Crippen LogP contribution in [0.25, 0.3) is 27.7 Å². The average Bonchev–Trinajstić information content (AvgIpc) is 3.13. The molecule has 3 rings (SSSR count). The predicted octanol–water partition coefficient (Wildman–Crippen LogP) is 6.74. The lowest BCUT2D eigenvalue weighted by Gasteiger charge is -2.15. The number of amides is 1. The topological polar surface area (TPSA) is 51.5 Å². The standard InChI is InChI=1S/C25H28BrNO3/c1-6-29-24-17(5)25-21(22(14-30-25)18-7-9-19(26)10-8-18)12-20(24)16(4)11-23(28)27-13-15(2)3/h7-12,14-15H,6,13H2,1-5H3,(H,27,28)/b16-11+. The molecule has 158 valence electrons. The van der Waals surface area contributed by atoms with Crippen molar-refractivity contribution in [2.24, 2.45) is 5.92 Å². The Morgan fingerprint density at radius 1 is 1.27 bits per heavy atom. The lowest BCUT2D eigenvalue weighted by molar-refractivity contribution is -0.116. The third-order valence-electron chi connectivity index (χ3n) is 4.94. The zero-order valence-corrected chi connectivity index (χ0v) is 19.7. The predicted molar refractivity (Wildman–Crippen MR) is 127 cm³/mol. The Bertz CT molecular complexity index is 1080. The molecule has 0 fully saturated rings. The van der Waals surface area contributed by atoms with E-state index in [1.54, 1.807) is 12.3 Å². The van der Waals surface area contributed by atoms with Crippen LogP contribution in [0.15, 0.2) is 51.6 Å². The summed E-state index contributed by atoms with van der Waals surface area (Å²) in [4.78, 5) is 12.4. The van der Waals surface area contributed by atoms with Crippen LogP contribution in [0.2, 0.25) is 0 Å². The number of hydrogen-bond donors (Lipinski definition) is 1. The van der Waals surface area contributed by atoms with Gasteiger partial charge in [-0.3, -0.25) is 4.79 Å². The van der Waals surface area contributed by atoms with Gasteiger partial charge in [-0.15, -0.1) is 0 Å². The number of carbonyl (C=O) groups excluding carboxylic acids is 1. The Hall–Kier alpha value is -2.53. The molecule has 0 aliphatic heterocycles. The molecular formula is C25H28BrNO3. The summed E-state index contributed by atoms with van der Waals surface area (Å²) >= 11 is 3.49. The average molecular weight is 470 g/mol. The summed E-state index contributed by atoms with van der Waals surface area (Å²) in [6.45, 7) is 11.2. The second-order valence-corrected chi connectivity index (χ2v) is 8.73. The number of aryl methyl sites for hydroxylation is 1. The number of rotatable bonds is 7. The highest BCUT2D eigenvalue weighted by Crippen LogP contribution is 2.40. The molecule has 1 heterocycles. The van der Waals surface area contributed by atoms with Crippen molar-refractivity contribution in [1.82, 2.24) is 5.32 Å². The number of benzene rings is 2. The van der Waals surface area contributed by atoms with Gasteiger partial charge in [-0.05, 0) is 56.0 Å². The fraction of sp³-hybridized carbons (Fsp3) is 0.320. The number of carbonyl (C=O) groups is 1. The summed E-state index contributed by atoms with van der Waals surface area (Å²) in [5.41, 5.74) is 5.58. The van der Waals surface area contributed by atoms with Gasteiger partial charge >= 0.3 is 0 Å². The molecule has 3 aromatic rings. The zero-order valence-electron chi connectivity index (χ0n) is 18.1. The first kappa shape index (κ1) is 22.2. The van der Waals surface area contributed by atoms with Gasteiger partial charge in [-0.1, -0.05) is 41.9 Å². The maximum absolute atomic E-state index is 12.4. The Balaban J connectivity index is 2.12. The molecule has 0 bridgehead atoms. The summed E-state index contributed by atoms with van der Waals surface area (Å²) in [7, 11) is 0. The third-order valence-corrected chi connectivity index (χ3v) is 5.47. The van der Waals surface area contributed by atoms with Crippen LogP contribution < -0.4 is 10.1 Å². The number of furan rings is 1. The first-order valence-corrected chi connectivity index (χ1v) is 11.0. The molecule has 0 spiro atoms. The van der Waals surface area contributed by atoms with Crippen molar-refractivity contribution in [3.8, 4) is 16.9 Å². The molecule has 2 aromatic carbocycles. The number of fused-ring (bicyclic) bond motifs is 1. The molecule has 0 unspecified atom stereocenters. The fourth-order valence-corrected chi connectivity index (χ4v) is 3.69. The molecule has 0 atom stereocenters. The van der Waals surface area contributed by atoms with Crippen LogP contribution in [-0.4, -0.2) is 19.1 Å². The van der Waals surface area contributed by atoms with Gasteiger partial charge in [-0.2, -0.15) is 0 Å². The Labute approximate surface area is 186 Å². The van der Waals surface area contributed by atoms with E-state index < -0.39 is 0 Å². The second-order valence-electron chi connectivity index (χ2n) is 7.81. The van der Waals surface area contributed by atoms with E-state index in [1.165, 1.54) is 0 Å². The van der Waals surface area contributed by atoms with Crippen molar-refractivity contribution in [2.75, 3.05) is 13.2 Å². The third kappa shape index (κ3) is 4.78. The minimum absolute atomic E-state index is 0.0956. The van der Waals surface area contributed by atoms with E-state index in [9.17, 15) is 4.79 Å². The van der Waals surface area contributed by atoms with Crippen molar-refractivity contribution in [3.05, 3.63) is 58.3 Å². The van der Waals surface area contributed by atoms with Crippen molar-refractivity contribution in [3.63, 3.8) is 0 Å². The summed E-state index contributed by atoms with van der Waals surface area (Å²) in [5.74, 6) is 1.06. The Kier molecular flexibility index (Phi) is 7.03. The molecule has 1 aromatic heterocycles. The number of hydrogen-bond acceptors (Lipinski definition) is 3. The highest BCUT2D eigenvalue weighted by molar-refractivity contribution is 9.10. The normalized spacial score (nSPS) is 11.9. The summed E-state index contributed by atoms with van der Waals surface area (Å²) in [6, 6.07) is 10.2. The van der Waals surface area contributed by atoms with E-state index in [1.807, 2.05) is 32.9 Å². The Morgan fingerprint density at radius 3 is 2.60 bits per heavy atom. The van der Waals surface area contributed by atoms with Crippen LogP contribution in [0.5, 0.6) is 5.75 Å². The van der Waals surface area contributed by atoms with Crippen LogP contribution in [-0.2, 0) is 4.79 Å². The largest absolute Gasteiger partial charge is 0.493 e. The van der Waals surface area contributed by atoms with Gasteiger partial charge in [0.05, 0.1) is 12.9 Å². The van der Waals surface area contributed by atoms with Gasteiger partial charge in [0.25, 0.3) is 0 Å². The lowest BCUT2D eigenvalue weighted by Crippen LogP contribution is -2.25. The molecule has 1 N–H and O–H groups in total. The van der Waals surface area contributed by atoms with Crippen LogP contribution in [0.4, 0.5) is 0 Å². The fourth-order valence-electron chi connectivity index (χ4n) is 3.42. The van der Waals surface area contributed by atoms with E-state index in [0.717, 1.165) is 49.0 Å². The molecule has 0 aliphatic rings. The molecule has 0 saturated carbocycles. The highest BCUT2D eigenvalue weighted by Gasteiger charge is 2.19. The van der Waals surface area contributed by atoms with Crippen LogP contribution in [0.3, 0.4) is 0 Å². The molecule has 5 heteroatoms. The van der Waals surface area contributed by atoms with Gasteiger partial charge < -0.3 is 14.5 Å². The van der Waals surface area contributed by atoms with E-state index in [2.05, 4.69) is 53.3 Å². The molecule has 0 radical (unpaired) electrons. The SMILES string of the molecule is CCOc1c(/C(C)=C/C(=O)NCC(C)C)cc2c(-c3ccc(Br)cc3)coc2c1C. The van der Waals surface area contributed by atoms with Gasteiger partial charge in [-0.25, -0.2) is 0 Å². The van der Waals surface area contributed by atoms with Crippen LogP contribution in [0, 0.1) is 12.8 Å². The zero-order chi connectivity index (χ0) is 21.8. The van der Waals surface area contributed by atoms with Gasteiger partial charge in [0.15, 0.2) is 0 Å². The monoisotopic (exact) mass is 469 g/mol. The van der Waals surface area contributed by atoms with Crippen molar-refractivity contribution >= 4 is 38.4 Å². The first-order chi connectivity index (χ1) is 14.3. The van der Waals surface area contributed by atoms with Crippen molar-refractivity contribution in [2.45, 2.75) is 34.6 Å². The number of allylic oxidation sites excluding steroid dienone is 1. The number of nitrogens with one attached hydrogen (secondary N) is 1. The molecular weight excluding hydrogens is 442 g/mol. The van der Waals surface area contributed by atoms with E-state index >= 15 is 0 Å². The maximum atomic E-state index is 12.4. The van der Waals surface area contributed by atoms with Gasteiger partial charge in [0.2, 0.25) is 5.91 Å². The minimum atomic E-state index is -0.0956. The summed E-state index contributed by atoms with van der Waals surface area (Å²) in [6.07, 6.45) is 3.43. The van der Waals surface area contributed by atoms with Crippen molar-refractivity contribution in [1.29, 1.82) is 0 Å². The molecule has 0 saturated heterocycles. The maximum Gasteiger partial charge on any atom is 0.244 e.